The first-order valence-electron chi connectivity index (χ1n) is 5.94. The second-order valence-corrected chi connectivity index (χ2v) is 3.84. The second kappa shape index (κ2) is 6.40. The Bertz CT molecular complexity index is 474. The van der Waals surface area contributed by atoms with Crippen LogP contribution in [0.4, 0.5) is 0 Å². The molecule has 18 heavy (non-hydrogen) atoms. The van der Waals surface area contributed by atoms with Gasteiger partial charge >= 0.3 is 0 Å². The molecular formula is C16H16N2. The van der Waals surface area contributed by atoms with Gasteiger partial charge in [0.25, 0.3) is 0 Å². The molecule has 2 nitrogen and oxygen atoms in total. The molecule has 2 aromatic rings. The third kappa shape index (κ3) is 3.08. The molecule has 0 aliphatic rings. The summed E-state index contributed by atoms with van der Waals surface area (Å²) in [5, 5.41) is 4.45. The predicted molar refractivity (Wildman–Crippen MR) is 76.7 cm³/mol. The highest BCUT2D eigenvalue weighted by Crippen LogP contribution is 2.10. The van der Waals surface area contributed by atoms with Crippen molar-refractivity contribution in [1.82, 2.24) is 5.43 Å². The Morgan fingerprint density at radius 2 is 1.44 bits per heavy atom. The maximum Gasteiger partial charge on any atom is 0.0973 e. The minimum absolute atomic E-state index is 0.656. The van der Waals surface area contributed by atoms with Crippen LogP contribution >= 0.6 is 0 Å². The Morgan fingerprint density at radius 3 is 1.89 bits per heavy atom. The van der Waals surface area contributed by atoms with E-state index in [0.29, 0.717) is 6.54 Å². The van der Waals surface area contributed by atoms with Gasteiger partial charge in [-0.3, -0.25) is 0 Å². The highest BCUT2D eigenvalue weighted by Gasteiger charge is 2.05. The smallest absolute Gasteiger partial charge is 0.0973 e. The summed E-state index contributed by atoms with van der Waals surface area (Å²) in [6.45, 7) is 4.33. The molecule has 0 aliphatic carbocycles. The fraction of sp³-hybridized carbons (Fsp3) is 0.0625. The van der Waals surface area contributed by atoms with Crippen LogP contribution in [0.1, 0.15) is 11.1 Å². The summed E-state index contributed by atoms with van der Waals surface area (Å²) >= 11 is 0. The molecule has 0 saturated heterocycles. The van der Waals surface area contributed by atoms with E-state index in [1.54, 1.807) is 6.08 Å². The number of nitrogens with one attached hydrogen (secondary N) is 1. The Morgan fingerprint density at radius 1 is 0.944 bits per heavy atom. The van der Waals surface area contributed by atoms with Gasteiger partial charge in [-0.15, -0.1) is 6.58 Å². The molecule has 0 spiro atoms. The maximum absolute atomic E-state index is 4.45. The van der Waals surface area contributed by atoms with E-state index in [2.05, 4.69) is 41.4 Å². The van der Waals surface area contributed by atoms with E-state index < -0.39 is 0 Å². The molecule has 2 heteroatoms. The summed E-state index contributed by atoms with van der Waals surface area (Å²) in [5.74, 6) is 0. The van der Waals surface area contributed by atoms with E-state index in [-0.39, 0.29) is 0 Å². The van der Waals surface area contributed by atoms with Crippen molar-refractivity contribution < 1.29 is 0 Å². The number of hydrogen-bond acceptors (Lipinski definition) is 2. The van der Waals surface area contributed by atoms with Crippen molar-refractivity contribution in [2.45, 2.75) is 0 Å². The zero-order chi connectivity index (χ0) is 12.6. The quantitative estimate of drug-likeness (QED) is 0.366. The Balaban J connectivity index is 2.35. The minimum atomic E-state index is 0.656. The Hall–Kier alpha value is -2.35. The molecule has 0 aliphatic heterocycles. The normalized spacial score (nSPS) is 9.56. The fourth-order valence-corrected chi connectivity index (χ4v) is 1.68. The molecule has 2 rings (SSSR count). The first kappa shape index (κ1) is 12.1. The van der Waals surface area contributed by atoms with Crippen molar-refractivity contribution in [2.75, 3.05) is 6.54 Å². The van der Waals surface area contributed by atoms with Crippen LogP contribution in [-0.4, -0.2) is 12.3 Å². The first-order chi connectivity index (χ1) is 8.92. The van der Waals surface area contributed by atoms with Gasteiger partial charge in [0.2, 0.25) is 0 Å². The van der Waals surface area contributed by atoms with Gasteiger partial charge in [0.15, 0.2) is 0 Å². The summed E-state index contributed by atoms with van der Waals surface area (Å²) in [4.78, 5) is 0. The van der Waals surface area contributed by atoms with Crippen LogP contribution in [0.25, 0.3) is 0 Å². The van der Waals surface area contributed by atoms with Crippen molar-refractivity contribution in [3.8, 4) is 0 Å². The molecule has 0 heterocycles. The van der Waals surface area contributed by atoms with Crippen molar-refractivity contribution >= 4 is 5.71 Å². The van der Waals surface area contributed by atoms with Crippen LogP contribution in [0, 0.1) is 0 Å². The molecule has 0 radical (unpaired) electrons. The Labute approximate surface area is 108 Å². The minimum Gasteiger partial charge on any atom is -0.306 e. The summed E-state index contributed by atoms with van der Waals surface area (Å²) in [7, 11) is 0. The van der Waals surface area contributed by atoms with Crippen LogP contribution in [-0.2, 0) is 0 Å². The van der Waals surface area contributed by atoms with E-state index in [1.807, 2.05) is 36.4 Å². The predicted octanol–water partition coefficient (Wildman–Crippen LogP) is 3.21. The molecule has 90 valence electrons. The molecule has 0 atom stereocenters. The lowest BCUT2D eigenvalue weighted by Gasteiger charge is -2.07. The molecule has 0 amide bonds. The summed E-state index contributed by atoms with van der Waals surface area (Å²) in [6, 6.07) is 20.3. The van der Waals surface area contributed by atoms with Gasteiger partial charge in [0.1, 0.15) is 0 Å². The second-order valence-electron chi connectivity index (χ2n) is 3.84. The monoisotopic (exact) mass is 236 g/mol. The number of benzene rings is 2. The summed E-state index contributed by atoms with van der Waals surface area (Å²) in [5.41, 5.74) is 6.14. The fourth-order valence-electron chi connectivity index (χ4n) is 1.68. The lowest BCUT2D eigenvalue weighted by Crippen LogP contribution is -2.12. The SMILES string of the molecule is C=CCNN=C(c1ccccc1)c1ccccc1. The molecule has 0 saturated carbocycles. The van der Waals surface area contributed by atoms with E-state index in [0.717, 1.165) is 16.8 Å². The topological polar surface area (TPSA) is 24.4 Å². The maximum atomic E-state index is 4.45. The van der Waals surface area contributed by atoms with Crippen molar-refractivity contribution in [1.29, 1.82) is 0 Å². The van der Waals surface area contributed by atoms with E-state index >= 15 is 0 Å². The number of rotatable bonds is 5. The van der Waals surface area contributed by atoms with Gasteiger partial charge in [-0.2, -0.15) is 5.10 Å². The highest BCUT2D eigenvalue weighted by atomic mass is 15.3. The molecular weight excluding hydrogens is 220 g/mol. The largest absolute Gasteiger partial charge is 0.306 e. The van der Waals surface area contributed by atoms with Crippen molar-refractivity contribution in [2.24, 2.45) is 5.10 Å². The van der Waals surface area contributed by atoms with Gasteiger partial charge < -0.3 is 5.43 Å². The highest BCUT2D eigenvalue weighted by molar-refractivity contribution is 6.12. The lowest BCUT2D eigenvalue weighted by atomic mass is 10.0. The molecule has 0 bridgehead atoms. The average Bonchev–Trinajstić information content (AvgIpc) is 2.46. The zero-order valence-corrected chi connectivity index (χ0v) is 10.2. The van der Waals surface area contributed by atoms with Gasteiger partial charge in [-0.05, 0) is 0 Å². The van der Waals surface area contributed by atoms with Crippen molar-refractivity contribution in [3.63, 3.8) is 0 Å². The van der Waals surface area contributed by atoms with Crippen LogP contribution in [0.15, 0.2) is 78.4 Å². The zero-order valence-electron chi connectivity index (χ0n) is 10.2. The molecule has 2 aromatic carbocycles. The summed E-state index contributed by atoms with van der Waals surface area (Å²) < 4.78 is 0. The van der Waals surface area contributed by atoms with Gasteiger partial charge in [0, 0.05) is 11.1 Å². The van der Waals surface area contributed by atoms with Gasteiger partial charge in [0.05, 0.1) is 12.3 Å². The standard InChI is InChI=1S/C16H16N2/c1-2-13-17-18-16(14-9-5-3-6-10-14)15-11-7-4-8-12-15/h2-12,17H,1,13H2. The van der Waals surface area contributed by atoms with E-state index in [1.165, 1.54) is 0 Å². The van der Waals surface area contributed by atoms with Gasteiger partial charge in [-0.25, -0.2) is 0 Å². The lowest BCUT2D eigenvalue weighted by molar-refractivity contribution is 0.827. The third-order valence-corrected chi connectivity index (χ3v) is 2.52. The van der Waals surface area contributed by atoms with Crippen LogP contribution in [0.2, 0.25) is 0 Å². The summed E-state index contributed by atoms with van der Waals surface area (Å²) in [6.07, 6.45) is 1.79. The average molecular weight is 236 g/mol. The van der Waals surface area contributed by atoms with Crippen LogP contribution < -0.4 is 5.43 Å². The van der Waals surface area contributed by atoms with Gasteiger partial charge in [-0.1, -0.05) is 66.7 Å². The van der Waals surface area contributed by atoms with Crippen LogP contribution in [0.5, 0.6) is 0 Å². The van der Waals surface area contributed by atoms with E-state index in [9.17, 15) is 0 Å². The molecule has 0 fully saturated rings. The third-order valence-electron chi connectivity index (χ3n) is 2.52. The van der Waals surface area contributed by atoms with Crippen LogP contribution in [0.3, 0.4) is 0 Å². The number of nitrogens with zero attached hydrogens (tertiary/aromatic N) is 1. The first-order valence-corrected chi connectivity index (χ1v) is 5.94. The number of hydrogen-bond donors (Lipinski definition) is 1. The molecule has 0 unspecified atom stereocenters. The molecule has 0 aromatic heterocycles. The molecule has 1 N–H and O–H groups in total. The van der Waals surface area contributed by atoms with Crippen molar-refractivity contribution in [3.05, 3.63) is 84.4 Å². The number of hydrazone groups is 1. The van der Waals surface area contributed by atoms with E-state index in [4.69, 9.17) is 0 Å². The Kier molecular flexibility index (Phi) is 4.31.